The summed E-state index contributed by atoms with van der Waals surface area (Å²) in [6.45, 7) is 0. The Hall–Kier alpha value is -2.49. The molecule has 18 heavy (non-hydrogen) atoms. The van der Waals surface area contributed by atoms with E-state index in [9.17, 15) is 9.59 Å². The number of amides is 2. The van der Waals surface area contributed by atoms with E-state index in [0.29, 0.717) is 11.3 Å². The summed E-state index contributed by atoms with van der Waals surface area (Å²) in [4.78, 5) is 29.3. The zero-order valence-electron chi connectivity index (χ0n) is 9.54. The lowest BCUT2D eigenvalue weighted by molar-refractivity contribution is -0.116. The molecule has 3 rings (SSSR count). The molecule has 1 aliphatic rings. The Morgan fingerprint density at radius 3 is 2.61 bits per heavy atom. The van der Waals surface area contributed by atoms with E-state index < -0.39 is 0 Å². The quantitative estimate of drug-likeness (QED) is 0.712. The van der Waals surface area contributed by atoms with Crippen molar-refractivity contribution in [3.63, 3.8) is 0 Å². The van der Waals surface area contributed by atoms with Crippen LogP contribution >= 0.6 is 0 Å². The SMILES string of the molecule is O=C1Cc2ccccc2N1C(=O)c1ccncc1. The van der Waals surface area contributed by atoms with Gasteiger partial charge in [0.2, 0.25) is 5.91 Å². The van der Waals surface area contributed by atoms with Gasteiger partial charge in [-0.15, -0.1) is 0 Å². The Bertz CT molecular complexity index is 623. The van der Waals surface area contributed by atoms with E-state index >= 15 is 0 Å². The van der Waals surface area contributed by atoms with Crippen molar-refractivity contribution >= 4 is 17.5 Å². The zero-order chi connectivity index (χ0) is 12.5. The molecular weight excluding hydrogens is 228 g/mol. The number of rotatable bonds is 1. The summed E-state index contributed by atoms with van der Waals surface area (Å²) in [5.41, 5.74) is 2.05. The molecule has 0 saturated heterocycles. The van der Waals surface area contributed by atoms with E-state index in [-0.39, 0.29) is 18.2 Å². The van der Waals surface area contributed by atoms with Crippen molar-refractivity contribution in [3.8, 4) is 0 Å². The van der Waals surface area contributed by atoms with E-state index in [1.54, 1.807) is 30.6 Å². The molecule has 0 unspecified atom stereocenters. The molecule has 2 aromatic rings. The fourth-order valence-corrected chi connectivity index (χ4v) is 2.10. The molecule has 1 aromatic carbocycles. The molecule has 0 spiro atoms. The van der Waals surface area contributed by atoms with Crippen LogP contribution in [0.25, 0.3) is 0 Å². The minimum atomic E-state index is -0.299. The van der Waals surface area contributed by atoms with Gasteiger partial charge in [0, 0.05) is 18.0 Å². The van der Waals surface area contributed by atoms with Crippen LogP contribution < -0.4 is 4.90 Å². The van der Waals surface area contributed by atoms with E-state index in [1.807, 2.05) is 18.2 Å². The number of para-hydroxylation sites is 1. The smallest absolute Gasteiger partial charge is 0.265 e. The number of pyridine rings is 1. The Kier molecular flexibility index (Phi) is 2.41. The third-order valence-electron chi connectivity index (χ3n) is 2.95. The predicted molar refractivity (Wildman–Crippen MR) is 66.2 cm³/mol. The largest absolute Gasteiger partial charge is 0.274 e. The number of imide groups is 1. The highest BCUT2D eigenvalue weighted by molar-refractivity contribution is 6.24. The first-order valence-electron chi connectivity index (χ1n) is 5.62. The third kappa shape index (κ3) is 1.59. The fourth-order valence-electron chi connectivity index (χ4n) is 2.10. The number of fused-ring (bicyclic) bond motifs is 1. The molecule has 88 valence electrons. The number of carbonyl (C=O) groups is 2. The average Bonchev–Trinajstić information content (AvgIpc) is 2.75. The first kappa shape index (κ1) is 10.7. The molecule has 2 amide bonds. The van der Waals surface area contributed by atoms with Crippen LogP contribution in [0.3, 0.4) is 0 Å². The number of anilines is 1. The van der Waals surface area contributed by atoms with Gasteiger partial charge >= 0.3 is 0 Å². The second-order valence-corrected chi connectivity index (χ2v) is 4.08. The molecule has 0 N–H and O–H groups in total. The van der Waals surface area contributed by atoms with Crippen LogP contribution in [0.5, 0.6) is 0 Å². The molecule has 0 radical (unpaired) electrons. The number of benzene rings is 1. The van der Waals surface area contributed by atoms with Crippen molar-refractivity contribution < 1.29 is 9.59 Å². The van der Waals surface area contributed by atoms with Gasteiger partial charge in [0.05, 0.1) is 12.1 Å². The minimum absolute atomic E-state index is 0.182. The highest BCUT2D eigenvalue weighted by atomic mass is 16.2. The summed E-state index contributed by atoms with van der Waals surface area (Å²) in [5, 5.41) is 0. The van der Waals surface area contributed by atoms with Crippen molar-refractivity contribution in [2.45, 2.75) is 6.42 Å². The van der Waals surface area contributed by atoms with Crippen molar-refractivity contribution in [2.75, 3.05) is 4.90 Å². The Balaban J connectivity index is 2.03. The van der Waals surface area contributed by atoms with Gasteiger partial charge in [-0.05, 0) is 23.8 Å². The maximum Gasteiger partial charge on any atom is 0.265 e. The second kappa shape index (κ2) is 4.07. The third-order valence-corrected chi connectivity index (χ3v) is 2.95. The number of carbonyl (C=O) groups excluding carboxylic acids is 2. The van der Waals surface area contributed by atoms with E-state index in [1.165, 1.54) is 4.90 Å². The van der Waals surface area contributed by atoms with Gasteiger partial charge < -0.3 is 0 Å². The Morgan fingerprint density at radius 2 is 1.83 bits per heavy atom. The maximum absolute atomic E-state index is 12.3. The van der Waals surface area contributed by atoms with Gasteiger partial charge in [-0.2, -0.15) is 0 Å². The van der Waals surface area contributed by atoms with Crippen LogP contribution in [-0.2, 0) is 11.2 Å². The number of hydrogen-bond donors (Lipinski definition) is 0. The molecule has 0 fully saturated rings. The zero-order valence-corrected chi connectivity index (χ0v) is 9.54. The molecule has 4 heteroatoms. The van der Waals surface area contributed by atoms with Crippen LogP contribution in [-0.4, -0.2) is 16.8 Å². The molecular formula is C14H10N2O2. The normalized spacial score (nSPS) is 13.6. The molecule has 2 heterocycles. The molecule has 0 atom stereocenters. The molecule has 0 saturated carbocycles. The molecule has 0 aliphatic carbocycles. The van der Waals surface area contributed by atoms with Crippen LogP contribution in [0, 0.1) is 0 Å². The van der Waals surface area contributed by atoms with Gasteiger partial charge in [-0.3, -0.25) is 14.6 Å². The first-order chi connectivity index (χ1) is 8.77. The summed E-state index contributed by atoms with van der Waals surface area (Å²) in [6, 6.07) is 10.6. The summed E-state index contributed by atoms with van der Waals surface area (Å²) in [5.74, 6) is -0.481. The summed E-state index contributed by atoms with van der Waals surface area (Å²) < 4.78 is 0. The Labute approximate surface area is 104 Å². The number of aromatic nitrogens is 1. The summed E-state index contributed by atoms with van der Waals surface area (Å²) in [7, 11) is 0. The van der Waals surface area contributed by atoms with Crippen molar-refractivity contribution in [1.82, 2.24) is 4.98 Å². The topological polar surface area (TPSA) is 50.3 Å². The molecule has 4 nitrogen and oxygen atoms in total. The van der Waals surface area contributed by atoms with E-state index in [2.05, 4.69) is 4.98 Å². The highest BCUT2D eigenvalue weighted by Crippen LogP contribution is 2.29. The van der Waals surface area contributed by atoms with Crippen molar-refractivity contribution in [3.05, 3.63) is 59.9 Å². The monoisotopic (exact) mass is 238 g/mol. The lowest BCUT2D eigenvalue weighted by atomic mass is 10.2. The highest BCUT2D eigenvalue weighted by Gasteiger charge is 2.32. The molecule has 1 aromatic heterocycles. The minimum Gasteiger partial charge on any atom is -0.274 e. The van der Waals surface area contributed by atoms with Crippen molar-refractivity contribution in [2.24, 2.45) is 0 Å². The lowest BCUT2D eigenvalue weighted by Crippen LogP contribution is -2.33. The number of nitrogens with zero attached hydrogens (tertiary/aromatic N) is 2. The van der Waals surface area contributed by atoms with Crippen molar-refractivity contribution in [1.29, 1.82) is 0 Å². The standard InChI is InChI=1S/C14H10N2O2/c17-13-9-11-3-1-2-4-12(11)16(13)14(18)10-5-7-15-8-6-10/h1-8H,9H2. The van der Waals surface area contributed by atoms with Gasteiger partial charge in [-0.25, -0.2) is 4.90 Å². The maximum atomic E-state index is 12.3. The molecule has 0 bridgehead atoms. The van der Waals surface area contributed by atoms with Gasteiger partial charge in [0.25, 0.3) is 5.91 Å². The first-order valence-corrected chi connectivity index (χ1v) is 5.62. The summed E-state index contributed by atoms with van der Waals surface area (Å²) in [6.07, 6.45) is 3.37. The Morgan fingerprint density at radius 1 is 1.11 bits per heavy atom. The van der Waals surface area contributed by atoms with Crippen LogP contribution in [0.15, 0.2) is 48.8 Å². The summed E-state index contributed by atoms with van der Waals surface area (Å²) >= 11 is 0. The molecule has 1 aliphatic heterocycles. The van der Waals surface area contributed by atoms with Crippen LogP contribution in [0.1, 0.15) is 15.9 Å². The van der Waals surface area contributed by atoms with Gasteiger partial charge in [0.15, 0.2) is 0 Å². The lowest BCUT2D eigenvalue weighted by Gasteiger charge is -2.15. The average molecular weight is 238 g/mol. The predicted octanol–water partition coefficient (Wildman–Crippen LogP) is 1.81. The van der Waals surface area contributed by atoms with Crippen LogP contribution in [0.2, 0.25) is 0 Å². The van der Waals surface area contributed by atoms with Gasteiger partial charge in [-0.1, -0.05) is 18.2 Å². The van der Waals surface area contributed by atoms with E-state index in [4.69, 9.17) is 0 Å². The van der Waals surface area contributed by atoms with Gasteiger partial charge in [0.1, 0.15) is 0 Å². The van der Waals surface area contributed by atoms with E-state index in [0.717, 1.165) is 5.56 Å². The fraction of sp³-hybridized carbons (Fsp3) is 0.0714. The second-order valence-electron chi connectivity index (χ2n) is 4.08. The number of hydrogen-bond acceptors (Lipinski definition) is 3. The van der Waals surface area contributed by atoms with Crippen LogP contribution in [0.4, 0.5) is 5.69 Å².